The van der Waals surface area contributed by atoms with Gasteiger partial charge in [0.2, 0.25) is 11.7 Å². The molecule has 13 nitrogen and oxygen atoms in total. The minimum absolute atomic E-state index is 0.126. The van der Waals surface area contributed by atoms with Crippen molar-refractivity contribution >= 4 is 24.0 Å². The predicted octanol–water partition coefficient (Wildman–Crippen LogP) is 3.62. The Balaban J connectivity index is 1.49. The first-order valence-electron chi connectivity index (χ1n) is 13.3. The van der Waals surface area contributed by atoms with E-state index in [0.29, 0.717) is 46.3 Å². The number of hydrazone groups is 1. The highest BCUT2D eigenvalue weighted by molar-refractivity contribution is 5.95. The van der Waals surface area contributed by atoms with Gasteiger partial charge in [-0.15, -0.1) is 0 Å². The lowest BCUT2D eigenvalue weighted by atomic mass is 10.1. The van der Waals surface area contributed by atoms with Gasteiger partial charge in [0.15, 0.2) is 34.5 Å². The molecular formula is C31H35N3O10. The van der Waals surface area contributed by atoms with Crippen molar-refractivity contribution in [1.29, 1.82) is 0 Å². The number of esters is 1. The van der Waals surface area contributed by atoms with Gasteiger partial charge in [-0.05, 0) is 60.5 Å². The Morgan fingerprint density at radius 3 is 1.89 bits per heavy atom. The summed E-state index contributed by atoms with van der Waals surface area (Å²) in [6, 6.07) is 12.6. The normalized spacial score (nSPS) is 10.5. The summed E-state index contributed by atoms with van der Waals surface area (Å²) in [5.74, 6) is 1.16. The molecule has 0 aromatic heterocycles. The molecule has 2 amide bonds. The van der Waals surface area contributed by atoms with E-state index in [0.717, 1.165) is 0 Å². The molecule has 3 aromatic carbocycles. The minimum Gasteiger partial charge on any atom is -0.493 e. The highest BCUT2D eigenvalue weighted by atomic mass is 16.6. The minimum atomic E-state index is -0.613. The van der Waals surface area contributed by atoms with Crippen molar-refractivity contribution in [3.8, 4) is 40.2 Å². The standard InChI is InChI=1S/C31H35N3O10/c1-38-22-12-10-20(15-25(22)40-3)31(37)44-23-11-9-19(14-24(23)39-2)18-33-34-28(35)8-7-13-32-30(36)21-16-26(41-4)29(43-6)27(17-21)42-5/h9-12,14-18H,7-8,13H2,1-6H3,(H,32,36)(H,34,35). The van der Waals surface area contributed by atoms with Crippen LogP contribution in [0.3, 0.4) is 0 Å². The first-order valence-corrected chi connectivity index (χ1v) is 13.3. The van der Waals surface area contributed by atoms with Crippen LogP contribution in [0.25, 0.3) is 0 Å². The van der Waals surface area contributed by atoms with Crippen molar-refractivity contribution in [3.05, 3.63) is 65.2 Å². The zero-order valence-electron chi connectivity index (χ0n) is 25.3. The zero-order chi connectivity index (χ0) is 32.1. The van der Waals surface area contributed by atoms with Gasteiger partial charge >= 0.3 is 5.97 Å². The van der Waals surface area contributed by atoms with Crippen LogP contribution in [0.1, 0.15) is 39.1 Å². The van der Waals surface area contributed by atoms with Gasteiger partial charge in [0.1, 0.15) is 0 Å². The molecule has 3 aromatic rings. The second kappa shape index (κ2) is 16.2. The molecule has 3 rings (SSSR count). The van der Waals surface area contributed by atoms with Crippen molar-refractivity contribution in [3.63, 3.8) is 0 Å². The zero-order valence-corrected chi connectivity index (χ0v) is 25.3. The lowest BCUT2D eigenvalue weighted by molar-refractivity contribution is -0.121. The van der Waals surface area contributed by atoms with Gasteiger partial charge < -0.3 is 38.5 Å². The third kappa shape index (κ3) is 8.53. The summed E-state index contributed by atoms with van der Waals surface area (Å²) in [5, 5.41) is 6.72. The average Bonchev–Trinajstić information content (AvgIpc) is 3.05. The second-order valence-corrected chi connectivity index (χ2v) is 8.94. The van der Waals surface area contributed by atoms with Crippen LogP contribution in [0.15, 0.2) is 53.6 Å². The van der Waals surface area contributed by atoms with Crippen LogP contribution < -0.4 is 43.9 Å². The summed E-state index contributed by atoms with van der Waals surface area (Å²) in [7, 11) is 8.81. The first-order chi connectivity index (χ1) is 21.3. The fourth-order valence-corrected chi connectivity index (χ4v) is 3.97. The molecule has 2 N–H and O–H groups in total. The smallest absolute Gasteiger partial charge is 0.343 e. The fourth-order valence-electron chi connectivity index (χ4n) is 3.97. The fraction of sp³-hybridized carbons (Fsp3) is 0.290. The van der Waals surface area contributed by atoms with E-state index in [9.17, 15) is 14.4 Å². The van der Waals surface area contributed by atoms with Gasteiger partial charge in [-0.1, -0.05) is 0 Å². The molecule has 0 fully saturated rings. The number of benzene rings is 3. The number of methoxy groups -OCH3 is 6. The highest BCUT2D eigenvalue weighted by Gasteiger charge is 2.18. The molecule has 44 heavy (non-hydrogen) atoms. The molecule has 0 heterocycles. The molecule has 0 aliphatic rings. The second-order valence-electron chi connectivity index (χ2n) is 8.94. The number of nitrogens with one attached hydrogen (secondary N) is 2. The van der Waals surface area contributed by atoms with Crippen molar-refractivity contribution in [1.82, 2.24) is 10.7 Å². The van der Waals surface area contributed by atoms with Gasteiger partial charge in [0, 0.05) is 18.5 Å². The molecule has 0 bridgehead atoms. The van der Waals surface area contributed by atoms with Crippen molar-refractivity contribution in [2.75, 3.05) is 49.2 Å². The van der Waals surface area contributed by atoms with Crippen LogP contribution in [0.2, 0.25) is 0 Å². The molecule has 0 radical (unpaired) electrons. The van der Waals surface area contributed by atoms with Crippen LogP contribution >= 0.6 is 0 Å². The molecule has 0 atom stereocenters. The molecule has 234 valence electrons. The van der Waals surface area contributed by atoms with Crippen LogP contribution in [-0.2, 0) is 4.79 Å². The Labute approximate surface area is 255 Å². The van der Waals surface area contributed by atoms with Gasteiger partial charge in [-0.25, -0.2) is 10.2 Å². The van der Waals surface area contributed by atoms with Crippen LogP contribution in [0, 0.1) is 0 Å². The van der Waals surface area contributed by atoms with Crippen LogP contribution in [0.5, 0.6) is 40.2 Å². The van der Waals surface area contributed by atoms with Gasteiger partial charge in [0.05, 0.1) is 54.4 Å². The van der Waals surface area contributed by atoms with E-state index in [1.165, 1.54) is 54.9 Å². The van der Waals surface area contributed by atoms with Crippen LogP contribution in [0.4, 0.5) is 0 Å². The Morgan fingerprint density at radius 2 is 1.27 bits per heavy atom. The monoisotopic (exact) mass is 609 g/mol. The molecule has 0 saturated carbocycles. The average molecular weight is 610 g/mol. The summed E-state index contributed by atoms with van der Waals surface area (Å²) < 4.78 is 37.1. The SMILES string of the molecule is COc1ccc(C(=O)Oc2ccc(C=NNC(=O)CCCNC(=O)c3cc(OC)c(OC)c(OC)c3)cc2OC)cc1OC. The van der Waals surface area contributed by atoms with Crippen molar-refractivity contribution in [2.24, 2.45) is 5.10 Å². The molecule has 0 unspecified atom stereocenters. The number of carbonyl (C=O) groups is 3. The van der Waals surface area contributed by atoms with E-state index in [-0.39, 0.29) is 41.8 Å². The summed E-state index contributed by atoms with van der Waals surface area (Å²) in [5.41, 5.74) is 3.62. The van der Waals surface area contributed by atoms with Gasteiger partial charge in [0.25, 0.3) is 5.91 Å². The van der Waals surface area contributed by atoms with E-state index in [1.54, 1.807) is 42.5 Å². The molecular weight excluding hydrogens is 574 g/mol. The number of ether oxygens (including phenoxy) is 7. The summed E-state index contributed by atoms with van der Waals surface area (Å²) >= 11 is 0. The van der Waals surface area contributed by atoms with Crippen molar-refractivity contribution in [2.45, 2.75) is 12.8 Å². The Hall–Kier alpha value is -5.46. The third-order valence-corrected chi connectivity index (χ3v) is 6.21. The largest absolute Gasteiger partial charge is 0.493 e. The number of nitrogens with zero attached hydrogens (tertiary/aromatic N) is 1. The number of amides is 2. The quantitative estimate of drug-likeness (QED) is 0.0859. The van der Waals surface area contributed by atoms with Gasteiger partial charge in [-0.3, -0.25) is 9.59 Å². The molecule has 0 aliphatic heterocycles. The molecule has 0 aliphatic carbocycles. The number of rotatable bonds is 15. The lowest BCUT2D eigenvalue weighted by Gasteiger charge is -2.14. The summed E-state index contributed by atoms with van der Waals surface area (Å²) in [6.07, 6.45) is 1.93. The van der Waals surface area contributed by atoms with E-state index in [4.69, 9.17) is 33.2 Å². The molecule has 0 spiro atoms. The number of carbonyl (C=O) groups excluding carboxylic acids is 3. The first kappa shape index (κ1) is 33.0. The van der Waals surface area contributed by atoms with E-state index in [2.05, 4.69) is 15.8 Å². The number of hydrogen-bond acceptors (Lipinski definition) is 11. The number of hydrogen-bond donors (Lipinski definition) is 2. The maximum Gasteiger partial charge on any atom is 0.343 e. The van der Waals surface area contributed by atoms with Crippen LogP contribution in [-0.4, -0.2) is 73.2 Å². The maximum absolute atomic E-state index is 12.7. The van der Waals surface area contributed by atoms with Gasteiger partial charge in [-0.2, -0.15) is 5.10 Å². The Morgan fingerprint density at radius 1 is 0.682 bits per heavy atom. The summed E-state index contributed by atoms with van der Waals surface area (Å²) in [4.78, 5) is 37.5. The summed E-state index contributed by atoms with van der Waals surface area (Å²) in [6.45, 7) is 0.257. The lowest BCUT2D eigenvalue weighted by Crippen LogP contribution is -2.26. The molecule has 13 heteroatoms. The maximum atomic E-state index is 12.7. The van der Waals surface area contributed by atoms with Crippen molar-refractivity contribution < 1.29 is 47.5 Å². The van der Waals surface area contributed by atoms with E-state index >= 15 is 0 Å². The predicted molar refractivity (Wildman–Crippen MR) is 161 cm³/mol. The van der Waals surface area contributed by atoms with E-state index in [1.807, 2.05) is 0 Å². The van der Waals surface area contributed by atoms with E-state index < -0.39 is 5.97 Å². The molecule has 0 saturated heterocycles. The Kier molecular flexibility index (Phi) is 12.2. The third-order valence-electron chi connectivity index (χ3n) is 6.21. The highest BCUT2D eigenvalue weighted by Crippen LogP contribution is 2.38. The Bertz CT molecular complexity index is 1480. The topological polar surface area (TPSA) is 152 Å².